The maximum atomic E-state index is 16.2. The fourth-order valence-corrected chi connectivity index (χ4v) is 7.33. The Hall–Kier alpha value is -4.64. The summed E-state index contributed by atoms with van der Waals surface area (Å²) in [6.45, 7) is 4.08. The highest BCUT2D eigenvalue weighted by Crippen LogP contribution is 2.52. The van der Waals surface area contributed by atoms with E-state index in [4.69, 9.17) is 4.74 Å². The van der Waals surface area contributed by atoms with Gasteiger partial charge in [-0.3, -0.25) is 9.10 Å². The number of Topliss-reactive ketones (excluding diaryl/α,β-unsaturated/α-hetero) is 1. The number of halogens is 1. The van der Waals surface area contributed by atoms with Crippen molar-refractivity contribution in [1.29, 1.82) is 0 Å². The molecule has 0 saturated heterocycles. The van der Waals surface area contributed by atoms with Crippen LogP contribution >= 0.6 is 0 Å². The number of carbonyl (C=O) groups is 1. The molecule has 0 radical (unpaired) electrons. The average Bonchev–Trinajstić information content (AvgIpc) is 3.33. The summed E-state index contributed by atoms with van der Waals surface area (Å²) in [5, 5.41) is 13.8. The minimum absolute atomic E-state index is 0.0369. The molecule has 0 spiro atoms. The summed E-state index contributed by atoms with van der Waals surface area (Å²) in [5.41, 5.74) is 1.11. The molecular weight excluding hydrogens is 571 g/mol. The highest BCUT2D eigenvalue weighted by molar-refractivity contribution is 7.92. The van der Waals surface area contributed by atoms with Gasteiger partial charge < -0.3 is 19.7 Å². The van der Waals surface area contributed by atoms with Crippen molar-refractivity contribution in [3.63, 3.8) is 0 Å². The number of aryl methyl sites for hydroxylation is 1. The molecule has 11 heteroatoms. The first-order valence-corrected chi connectivity index (χ1v) is 15.2. The number of para-hydroxylation sites is 1. The van der Waals surface area contributed by atoms with E-state index in [0.29, 0.717) is 12.1 Å². The van der Waals surface area contributed by atoms with Crippen LogP contribution in [0.1, 0.15) is 43.9 Å². The van der Waals surface area contributed by atoms with Gasteiger partial charge in [-0.2, -0.15) is 8.42 Å². The lowest BCUT2D eigenvalue weighted by Gasteiger charge is -2.37. The van der Waals surface area contributed by atoms with Crippen molar-refractivity contribution < 1.29 is 27.4 Å². The molecule has 222 valence electrons. The van der Waals surface area contributed by atoms with Gasteiger partial charge >= 0.3 is 0 Å². The number of nitrogens with one attached hydrogen (secondary N) is 1. The van der Waals surface area contributed by atoms with E-state index in [1.54, 1.807) is 13.1 Å². The molecule has 0 saturated carbocycles. The highest BCUT2D eigenvalue weighted by Gasteiger charge is 2.47. The summed E-state index contributed by atoms with van der Waals surface area (Å²) in [7, 11) is -2.87. The molecule has 4 aromatic rings. The summed E-state index contributed by atoms with van der Waals surface area (Å²) in [4.78, 5) is 18.0. The largest absolute Gasteiger partial charge is 0.506 e. The molecule has 1 aliphatic carbocycles. The second-order valence-corrected chi connectivity index (χ2v) is 13.4. The lowest BCUT2D eigenvalue weighted by molar-refractivity contribution is -0.118. The van der Waals surface area contributed by atoms with Gasteiger partial charge in [0.1, 0.15) is 35.7 Å². The molecule has 0 bridgehead atoms. The van der Waals surface area contributed by atoms with Crippen molar-refractivity contribution in [2.24, 2.45) is 12.5 Å². The van der Waals surface area contributed by atoms with Crippen molar-refractivity contribution in [2.45, 2.75) is 44.4 Å². The van der Waals surface area contributed by atoms with E-state index in [9.17, 15) is 18.3 Å². The number of anilines is 2. The second-order valence-electron chi connectivity index (χ2n) is 11.7. The third kappa shape index (κ3) is 5.25. The number of sulfonamides is 1. The number of nitrogens with zero attached hydrogens (tertiary/aromatic N) is 3. The molecular formula is C32H31FN4O5S. The number of ether oxygens (including phenoxy) is 1. The third-order valence-electron chi connectivity index (χ3n) is 7.68. The number of aromatic nitrogens is 2. The number of carbonyl (C=O) groups excluding carboxylic acids is 1. The number of fused-ring (bicyclic) bond motifs is 1. The van der Waals surface area contributed by atoms with Gasteiger partial charge in [-0.1, -0.05) is 50.2 Å². The van der Waals surface area contributed by atoms with E-state index >= 15 is 4.39 Å². The highest BCUT2D eigenvalue weighted by atomic mass is 32.2. The van der Waals surface area contributed by atoms with Crippen LogP contribution in [0.4, 0.5) is 15.8 Å². The molecule has 6 rings (SSSR count). The maximum Gasteiger partial charge on any atom is 0.284 e. The van der Waals surface area contributed by atoms with E-state index in [1.165, 1.54) is 47.4 Å². The standard InChI is InChI=1S/C32H31FN4O5S/c1-32(2)15-24-29(27(39)16-32)31(22-13-12-21(14-23(22)33)42-18-20-8-5-4-6-9-20)37(25-10-7-11-26(38)30(25)35-24)43(40,41)28-17-36(3)19-34-28/h4-14,17,19,31,35,38H,15-16,18H2,1-3H3. The molecule has 2 heterocycles. The molecule has 43 heavy (non-hydrogen) atoms. The number of allylic oxidation sites excluding steroid dienone is 1. The Kier molecular flexibility index (Phi) is 7.00. The first-order valence-electron chi connectivity index (χ1n) is 13.8. The Morgan fingerprint density at radius 1 is 1.09 bits per heavy atom. The Labute approximate surface area is 249 Å². The van der Waals surface area contributed by atoms with Gasteiger partial charge in [0.15, 0.2) is 10.8 Å². The van der Waals surface area contributed by atoms with Crippen molar-refractivity contribution in [2.75, 3.05) is 9.62 Å². The zero-order chi connectivity index (χ0) is 30.5. The van der Waals surface area contributed by atoms with Crippen LogP contribution in [0.5, 0.6) is 11.5 Å². The van der Waals surface area contributed by atoms with Gasteiger partial charge in [0.25, 0.3) is 10.0 Å². The van der Waals surface area contributed by atoms with Gasteiger partial charge in [0.05, 0.1) is 12.0 Å². The number of hydrogen-bond acceptors (Lipinski definition) is 7. The fraction of sp³-hybridized carbons (Fsp3) is 0.250. The van der Waals surface area contributed by atoms with Crippen LogP contribution in [-0.4, -0.2) is 28.9 Å². The molecule has 1 unspecified atom stereocenters. The average molecular weight is 603 g/mol. The lowest BCUT2D eigenvalue weighted by Crippen LogP contribution is -2.40. The van der Waals surface area contributed by atoms with Gasteiger partial charge in [0.2, 0.25) is 0 Å². The van der Waals surface area contributed by atoms with Crippen LogP contribution in [-0.2, 0) is 28.5 Å². The third-order valence-corrected chi connectivity index (χ3v) is 9.35. The molecule has 2 aliphatic rings. The summed E-state index contributed by atoms with van der Waals surface area (Å²) in [5.74, 6) is -1.03. The topological polar surface area (TPSA) is 114 Å². The van der Waals surface area contributed by atoms with Crippen molar-refractivity contribution >= 4 is 27.2 Å². The van der Waals surface area contributed by atoms with E-state index in [0.717, 1.165) is 9.87 Å². The number of ketones is 1. The number of phenolic OH excluding ortho intramolecular Hbond substituents is 1. The second kappa shape index (κ2) is 10.6. The Bertz CT molecular complexity index is 1870. The predicted octanol–water partition coefficient (Wildman–Crippen LogP) is 5.85. The van der Waals surface area contributed by atoms with Crippen molar-refractivity contribution in [1.82, 2.24) is 9.55 Å². The summed E-state index contributed by atoms with van der Waals surface area (Å²) < 4.78 is 53.4. The van der Waals surface area contributed by atoms with Crippen LogP contribution in [0.25, 0.3) is 0 Å². The van der Waals surface area contributed by atoms with Gasteiger partial charge in [0, 0.05) is 42.6 Å². The van der Waals surface area contributed by atoms with E-state index in [2.05, 4.69) is 10.3 Å². The Morgan fingerprint density at radius 2 is 1.86 bits per heavy atom. The van der Waals surface area contributed by atoms with Crippen LogP contribution in [0, 0.1) is 11.2 Å². The smallest absolute Gasteiger partial charge is 0.284 e. The molecule has 0 amide bonds. The summed E-state index contributed by atoms with van der Waals surface area (Å²) >= 11 is 0. The van der Waals surface area contributed by atoms with E-state index < -0.39 is 27.3 Å². The van der Waals surface area contributed by atoms with Crippen molar-refractivity contribution in [3.05, 3.63) is 107 Å². The Morgan fingerprint density at radius 3 is 2.56 bits per heavy atom. The van der Waals surface area contributed by atoms with Crippen LogP contribution in [0.2, 0.25) is 0 Å². The molecule has 0 fully saturated rings. The minimum Gasteiger partial charge on any atom is -0.506 e. The lowest BCUT2D eigenvalue weighted by atomic mass is 9.73. The SMILES string of the molecule is Cn1cnc(S(=O)(=O)N2c3cccc(O)c3NC3=C(C(=O)CC(C)(C)C3)C2c2ccc(OCc3ccccc3)cc2F)c1. The zero-order valence-corrected chi connectivity index (χ0v) is 24.7. The van der Waals surface area contributed by atoms with E-state index in [1.807, 2.05) is 44.2 Å². The van der Waals surface area contributed by atoms with E-state index in [-0.39, 0.29) is 57.8 Å². The van der Waals surface area contributed by atoms with Gasteiger partial charge in [-0.05, 0) is 41.7 Å². The van der Waals surface area contributed by atoms with Crippen LogP contribution in [0.3, 0.4) is 0 Å². The normalized spacial score (nSPS) is 18.0. The van der Waals surface area contributed by atoms with Gasteiger partial charge in [-0.25, -0.2) is 9.37 Å². The van der Waals surface area contributed by atoms with Crippen molar-refractivity contribution in [3.8, 4) is 11.5 Å². The predicted molar refractivity (Wildman–Crippen MR) is 160 cm³/mol. The zero-order valence-electron chi connectivity index (χ0n) is 23.9. The number of phenols is 1. The molecule has 9 nitrogen and oxygen atoms in total. The minimum atomic E-state index is -4.50. The fourth-order valence-electron chi connectivity index (χ4n) is 5.74. The molecule has 1 aliphatic heterocycles. The maximum absolute atomic E-state index is 16.2. The molecule has 3 aromatic carbocycles. The number of imidazole rings is 1. The van der Waals surface area contributed by atoms with Crippen LogP contribution in [0.15, 0.2) is 95.6 Å². The summed E-state index contributed by atoms with van der Waals surface area (Å²) in [6.07, 6.45) is 3.18. The van der Waals surface area contributed by atoms with Gasteiger partial charge in [-0.15, -0.1) is 0 Å². The molecule has 1 atom stereocenters. The first-order chi connectivity index (χ1) is 20.4. The monoisotopic (exact) mass is 602 g/mol. The molecule has 1 aromatic heterocycles. The Balaban J connectivity index is 1.56. The number of rotatable bonds is 6. The molecule has 2 N–H and O–H groups in total. The summed E-state index contributed by atoms with van der Waals surface area (Å²) in [6, 6.07) is 16.7. The number of aromatic hydroxyl groups is 1. The number of hydrogen-bond donors (Lipinski definition) is 2. The first kappa shape index (κ1) is 28.5. The quantitative estimate of drug-likeness (QED) is 0.266. The number of benzene rings is 3. The van der Waals surface area contributed by atoms with Crippen LogP contribution < -0.4 is 14.4 Å².